The molecule has 1 unspecified atom stereocenters. The predicted molar refractivity (Wildman–Crippen MR) is 119 cm³/mol. The van der Waals surface area contributed by atoms with E-state index in [2.05, 4.69) is 26.6 Å². The Balaban J connectivity index is 2.10. The van der Waals surface area contributed by atoms with Gasteiger partial charge in [0.1, 0.15) is 5.75 Å². The van der Waals surface area contributed by atoms with Crippen molar-refractivity contribution in [2.24, 2.45) is 0 Å². The Morgan fingerprint density at radius 3 is 2.53 bits per heavy atom. The van der Waals surface area contributed by atoms with Gasteiger partial charge in [-0.05, 0) is 59.5 Å². The van der Waals surface area contributed by atoms with Crippen LogP contribution in [-0.4, -0.2) is 24.7 Å². The quantitative estimate of drug-likeness (QED) is 0.558. The van der Waals surface area contributed by atoms with E-state index in [4.69, 9.17) is 9.47 Å². The maximum Gasteiger partial charge on any atom is 0.338 e. The second-order valence-corrected chi connectivity index (χ2v) is 8.03. The van der Waals surface area contributed by atoms with Gasteiger partial charge in [0.2, 0.25) is 0 Å². The van der Waals surface area contributed by atoms with E-state index in [0.29, 0.717) is 23.6 Å². The molecule has 3 rings (SSSR count). The third-order valence-electron chi connectivity index (χ3n) is 4.45. The first-order valence-corrected chi connectivity index (χ1v) is 10.7. The lowest BCUT2D eigenvalue weighted by Crippen LogP contribution is -2.45. The van der Waals surface area contributed by atoms with Crippen LogP contribution in [0, 0.1) is 0 Å². The van der Waals surface area contributed by atoms with E-state index < -0.39 is 12.0 Å². The summed E-state index contributed by atoms with van der Waals surface area (Å²) in [6.45, 7) is 6.23. The zero-order chi connectivity index (χ0) is 21.7. The number of hydrogen-bond donors (Lipinski definition) is 2. The van der Waals surface area contributed by atoms with E-state index in [0.717, 1.165) is 22.0 Å². The molecule has 1 aliphatic heterocycles. The monoisotopic (exact) mass is 472 g/mol. The van der Waals surface area contributed by atoms with Crippen molar-refractivity contribution in [3.8, 4) is 5.75 Å². The number of nitrogens with one attached hydrogen (secondary N) is 2. The number of urea groups is 1. The van der Waals surface area contributed by atoms with Gasteiger partial charge in [0.15, 0.2) is 0 Å². The van der Waals surface area contributed by atoms with Crippen molar-refractivity contribution in [1.29, 1.82) is 0 Å². The molecule has 1 aliphatic rings. The van der Waals surface area contributed by atoms with Crippen LogP contribution in [0.15, 0.2) is 58.6 Å². The molecule has 2 aromatic carbocycles. The molecule has 0 saturated heterocycles. The summed E-state index contributed by atoms with van der Waals surface area (Å²) in [5.74, 6) is 0.225. The summed E-state index contributed by atoms with van der Waals surface area (Å²) in [6, 6.07) is 13.7. The van der Waals surface area contributed by atoms with Crippen LogP contribution >= 0.6 is 15.9 Å². The average molecular weight is 473 g/mol. The molecule has 0 bridgehead atoms. The largest absolute Gasteiger partial charge is 0.492 e. The maximum absolute atomic E-state index is 13.1. The molecule has 1 atom stereocenters. The van der Waals surface area contributed by atoms with Gasteiger partial charge >= 0.3 is 12.0 Å². The Bertz CT molecular complexity index is 957. The number of benzene rings is 2. The Hall–Kier alpha value is -2.80. The fourth-order valence-corrected chi connectivity index (χ4v) is 3.68. The molecule has 0 fully saturated rings. The van der Waals surface area contributed by atoms with Gasteiger partial charge in [-0.15, -0.1) is 0 Å². The minimum atomic E-state index is -0.670. The third kappa shape index (κ3) is 5.02. The number of ether oxygens (including phenoxy) is 2. The molecule has 2 aromatic rings. The Morgan fingerprint density at radius 2 is 1.90 bits per heavy atom. The molecule has 0 aliphatic carbocycles. The van der Waals surface area contributed by atoms with Crippen LogP contribution in [0.3, 0.4) is 0 Å². The molecule has 158 valence electrons. The molecule has 0 aromatic heterocycles. The highest BCUT2D eigenvalue weighted by molar-refractivity contribution is 9.10. The molecular weight excluding hydrogens is 448 g/mol. The summed E-state index contributed by atoms with van der Waals surface area (Å²) >= 11 is 3.53. The number of esters is 1. The van der Waals surface area contributed by atoms with E-state index in [-0.39, 0.29) is 12.1 Å². The van der Waals surface area contributed by atoms with Gasteiger partial charge in [0, 0.05) is 0 Å². The van der Waals surface area contributed by atoms with E-state index in [1.807, 2.05) is 55.5 Å². The highest BCUT2D eigenvalue weighted by Gasteiger charge is 2.35. The lowest BCUT2D eigenvalue weighted by Gasteiger charge is -2.30. The van der Waals surface area contributed by atoms with E-state index >= 15 is 0 Å². The highest BCUT2D eigenvalue weighted by atomic mass is 79.9. The third-order valence-corrected chi connectivity index (χ3v) is 5.07. The van der Waals surface area contributed by atoms with Crippen molar-refractivity contribution >= 4 is 33.6 Å². The summed E-state index contributed by atoms with van der Waals surface area (Å²) in [6.07, 6.45) is 0.601. The number of carbonyl (C=O) groups is 2. The number of carbonyl (C=O) groups excluding carboxylic acids is 2. The maximum atomic E-state index is 13.1. The van der Waals surface area contributed by atoms with Gasteiger partial charge in [-0.2, -0.15) is 0 Å². The number of halogens is 1. The first-order valence-electron chi connectivity index (χ1n) is 9.91. The molecule has 0 spiro atoms. The van der Waals surface area contributed by atoms with Crippen molar-refractivity contribution in [3.63, 3.8) is 0 Å². The van der Waals surface area contributed by atoms with Crippen molar-refractivity contribution in [2.75, 3.05) is 6.61 Å². The van der Waals surface area contributed by atoms with Gasteiger partial charge < -0.3 is 20.1 Å². The molecule has 30 heavy (non-hydrogen) atoms. The van der Waals surface area contributed by atoms with Crippen LogP contribution in [0.25, 0.3) is 5.70 Å². The second kappa shape index (κ2) is 9.80. The van der Waals surface area contributed by atoms with Gasteiger partial charge in [-0.1, -0.05) is 43.3 Å². The van der Waals surface area contributed by atoms with Crippen molar-refractivity contribution in [1.82, 2.24) is 10.6 Å². The van der Waals surface area contributed by atoms with Crippen LogP contribution < -0.4 is 15.4 Å². The van der Waals surface area contributed by atoms with Crippen LogP contribution in [0.5, 0.6) is 5.75 Å². The van der Waals surface area contributed by atoms with E-state index in [1.54, 1.807) is 13.8 Å². The van der Waals surface area contributed by atoms with Crippen LogP contribution in [-0.2, 0) is 9.53 Å². The minimum Gasteiger partial charge on any atom is -0.492 e. The molecular formula is C23H25BrN2O4. The second-order valence-electron chi connectivity index (χ2n) is 7.18. The number of amides is 2. The molecule has 2 amide bonds. The Morgan fingerprint density at radius 1 is 1.17 bits per heavy atom. The Labute approximate surface area is 184 Å². The van der Waals surface area contributed by atoms with Crippen molar-refractivity contribution in [2.45, 2.75) is 39.3 Å². The first kappa shape index (κ1) is 21.9. The normalized spacial score (nSPS) is 16.2. The standard InChI is InChI=1S/C23H25BrN2O4/c1-4-12-29-18-11-10-16(13-17(18)24)21-19(22(27)30-14(2)3)20(25-23(28)26-21)15-8-6-5-7-9-15/h5-11,13-14,21H,4,12H2,1-3H3,(H2,25,26,28). The zero-order valence-electron chi connectivity index (χ0n) is 17.2. The van der Waals surface area contributed by atoms with Gasteiger partial charge in [-0.3, -0.25) is 0 Å². The van der Waals surface area contributed by atoms with E-state index in [9.17, 15) is 9.59 Å². The van der Waals surface area contributed by atoms with Crippen molar-refractivity contribution in [3.05, 3.63) is 69.7 Å². The van der Waals surface area contributed by atoms with Crippen molar-refractivity contribution < 1.29 is 19.1 Å². The zero-order valence-corrected chi connectivity index (χ0v) is 18.8. The molecule has 6 nitrogen and oxygen atoms in total. The van der Waals surface area contributed by atoms with Crippen LogP contribution in [0.1, 0.15) is 44.4 Å². The molecule has 2 N–H and O–H groups in total. The summed E-state index contributed by atoms with van der Waals surface area (Å²) in [7, 11) is 0. The lowest BCUT2D eigenvalue weighted by molar-refractivity contribution is -0.143. The molecule has 7 heteroatoms. The first-order chi connectivity index (χ1) is 14.4. The number of rotatable bonds is 7. The van der Waals surface area contributed by atoms with E-state index in [1.165, 1.54) is 0 Å². The fourth-order valence-electron chi connectivity index (χ4n) is 3.17. The average Bonchev–Trinajstić information content (AvgIpc) is 2.72. The SMILES string of the molecule is CCCOc1ccc(C2NC(=O)NC(c3ccccc3)=C2C(=O)OC(C)C)cc1Br. The summed E-state index contributed by atoms with van der Waals surface area (Å²) in [5, 5.41) is 5.64. The molecule has 0 radical (unpaired) electrons. The number of hydrogen-bond acceptors (Lipinski definition) is 4. The summed E-state index contributed by atoms with van der Waals surface area (Å²) in [5.41, 5.74) is 2.26. The van der Waals surface area contributed by atoms with Crippen LogP contribution in [0.4, 0.5) is 4.79 Å². The lowest BCUT2D eigenvalue weighted by atomic mass is 9.92. The molecule has 0 saturated carbocycles. The van der Waals surface area contributed by atoms with Gasteiger partial charge in [0.05, 0.1) is 34.5 Å². The predicted octanol–water partition coefficient (Wildman–Crippen LogP) is 4.95. The van der Waals surface area contributed by atoms with Crippen LogP contribution in [0.2, 0.25) is 0 Å². The van der Waals surface area contributed by atoms with Gasteiger partial charge in [-0.25, -0.2) is 9.59 Å². The fraction of sp³-hybridized carbons (Fsp3) is 0.304. The minimum absolute atomic E-state index is 0.295. The summed E-state index contributed by atoms with van der Waals surface area (Å²) < 4.78 is 12.0. The Kier molecular flexibility index (Phi) is 7.15. The van der Waals surface area contributed by atoms with Gasteiger partial charge in [0.25, 0.3) is 0 Å². The molecule has 1 heterocycles. The smallest absolute Gasteiger partial charge is 0.338 e. The summed E-state index contributed by atoms with van der Waals surface area (Å²) in [4.78, 5) is 25.5. The highest BCUT2D eigenvalue weighted by Crippen LogP contribution is 2.35. The topological polar surface area (TPSA) is 76.7 Å².